The molecule has 0 amide bonds. The summed E-state index contributed by atoms with van der Waals surface area (Å²) in [5, 5.41) is 0.328. The molecule has 0 heterocycles. The van der Waals surface area contributed by atoms with Crippen molar-refractivity contribution in [2.45, 2.75) is 17.9 Å². The van der Waals surface area contributed by atoms with Crippen molar-refractivity contribution in [2.75, 3.05) is 19.4 Å². The second-order valence-electron chi connectivity index (χ2n) is 3.58. The monoisotopic (exact) mass is 278 g/mol. The second-order valence-corrected chi connectivity index (χ2v) is 5.76. The van der Waals surface area contributed by atoms with Crippen LogP contribution in [0.4, 0.5) is 5.69 Å². The number of hydrogen-bond acceptors (Lipinski definition) is 4. The van der Waals surface area contributed by atoms with Crippen LogP contribution in [0.15, 0.2) is 23.1 Å². The van der Waals surface area contributed by atoms with E-state index in [1.807, 2.05) is 0 Å². The summed E-state index contributed by atoms with van der Waals surface area (Å²) in [6.45, 7) is 1.96. The largest absolute Gasteiger partial charge is 0.397 e. The molecule has 5 nitrogen and oxygen atoms in total. The van der Waals surface area contributed by atoms with Crippen molar-refractivity contribution in [3.05, 3.63) is 23.2 Å². The maximum Gasteiger partial charge on any atom is 0.240 e. The Morgan fingerprint density at radius 3 is 2.71 bits per heavy atom. The number of ether oxygens (including phenoxy) is 1. The van der Waals surface area contributed by atoms with Gasteiger partial charge in [-0.25, -0.2) is 13.1 Å². The lowest BCUT2D eigenvalue weighted by atomic mass is 10.3. The summed E-state index contributed by atoms with van der Waals surface area (Å²) in [6, 6.07) is 4.17. The van der Waals surface area contributed by atoms with Gasteiger partial charge < -0.3 is 10.5 Å². The number of sulfonamides is 1. The van der Waals surface area contributed by atoms with E-state index in [-0.39, 0.29) is 23.2 Å². The Balaban J connectivity index is 2.86. The predicted molar refractivity (Wildman–Crippen MR) is 67.5 cm³/mol. The van der Waals surface area contributed by atoms with Gasteiger partial charge in [0, 0.05) is 13.7 Å². The molecule has 3 N–H and O–H groups in total. The molecule has 7 heteroatoms. The van der Waals surface area contributed by atoms with E-state index in [9.17, 15) is 8.42 Å². The van der Waals surface area contributed by atoms with Crippen LogP contribution in [0.25, 0.3) is 0 Å². The molecule has 0 aliphatic heterocycles. The molecule has 1 atom stereocenters. The fourth-order valence-corrected chi connectivity index (χ4v) is 2.35. The molecule has 0 aromatic heterocycles. The van der Waals surface area contributed by atoms with Gasteiger partial charge in [-0.05, 0) is 25.1 Å². The molecule has 1 rings (SSSR count). The molecule has 0 bridgehead atoms. The minimum atomic E-state index is -3.57. The smallest absolute Gasteiger partial charge is 0.240 e. The van der Waals surface area contributed by atoms with Gasteiger partial charge in [0.2, 0.25) is 10.0 Å². The van der Waals surface area contributed by atoms with Gasteiger partial charge in [-0.15, -0.1) is 0 Å². The van der Waals surface area contributed by atoms with Gasteiger partial charge in [0.25, 0.3) is 0 Å². The maximum atomic E-state index is 11.9. The Labute approximate surface area is 106 Å². The Kier molecular flexibility index (Phi) is 4.76. The molecule has 0 saturated carbocycles. The van der Waals surface area contributed by atoms with Crippen molar-refractivity contribution < 1.29 is 13.2 Å². The van der Waals surface area contributed by atoms with E-state index in [0.29, 0.717) is 5.02 Å². The van der Waals surface area contributed by atoms with Gasteiger partial charge in [0.05, 0.1) is 21.7 Å². The summed E-state index contributed by atoms with van der Waals surface area (Å²) in [5.41, 5.74) is 5.78. The van der Waals surface area contributed by atoms with E-state index in [0.717, 1.165) is 0 Å². The number of anilines is 1. The highest BCUT2D eigenvalue weighted by Crippen LogP contribution is 2.21. The molecular formula is C10H15ClN2O3S. The fourth-order valence-electron chi connectivity index (χ4n) is 1.08. The van der Waals surface area contributed by atoms with Crippen LogP contribution >= 0.6 is 11.6 Å². The first-order valence-corrected chi connectivity index (χ1v) is 6.80. The van der Waals surface area contributed by atoms with Gasteiger partial charge in [0.1, 0.15) is 0 Å². The topological polar surface area (TPSA) is 81.4 Å². The number of rotatable bonds is 5. The molecule has 1 unspecified atom stereocenters. The van der Waals surface area contributed by atoms with Crippen molar-refractivity contribution in [3.63, 3.8) is 0 Å². The van der Waals surface area contributed by atoms with Crippen molar-refractivity contribution in [3.8, 4) is 0 Å². The van der Waals surface area contributed by atoms with Crippen LogP contribution in [0.2, 0.25) is 5.02 Å². The Hall–Kier alpha value is -0.820. The quantitative estimate of drug-likeness (QED) is 0.794. The molecule has 0 spiro atoms. The summed E-state index contributed by atoms with van der Waals surface area (Å²) in [4.78, 5) is 0.0858. The Morgan fingerprint density at radius 2 is 2.18 bits per heavy atom. The van der Waals surface area contributed by atoms with Crippen molar-refractivity contribution in [1.82, 2.24) is 4.72 Å². The third kappa shape index (κ3) is 3.85. The fraction of sp³-hybridized carbons (Fsp3) is 0.400. The predicted octanol–water partition coefficient (Wildman–Crippen LogP) is 1.24. The summed E-state index contributed by atoms with van der Waals surface area (Å²) >= 11 is 5.72. The van der Waals surface area contributed by atoms with Gasteiger partial charge in [-0.1, -0.05) is 11.6 Å². The van der Waals surface area contributed by atoms with Crippen LogP contribution in [0.5, 0.6) is 0 Å². The lowest BCUT2D eigenvalue weighted by molar-refractivity contribution is 0.122. The van der Waals surface area contributed by atoms with Crippen LogP contribution < -0.4 is 10.5 Å². The van der Waals surface area contributed by atoms with Crippen molar-refractivity contribution >= 4 is 27.3 Å². The van der Waals surface area contributed by atoms with Crippen molar-refractivity contribution in [2.24, 2.45) is 0 Å². The molecular weight excluding hydrogens is 264 g/mol. The molecule has 1 aromatic rings. The summed E-state index contributed by atoms with van der Waals surface area (Å²) in [6.07, 6.45) is -0.200. The molecule has 0 fully saturated rings. The van der Waals surface area contributed by atoms with E-state index in [1.165, 1.54) is 25.3 Å². The average Bonchev–Trinajstić information content (AvgIpc) is 2.29. The highest BCUT2D eigenvalue weighted by molar-refractivity contribution is 7.89. The van der Waals surface area contributed by atoms with Crippen LogP contribution in [-0.4, -0.2) is 28.2 Å². The molecule has 0 aliphatic carbocycles. The van der Waals surface area contributed by atoms with Crippen LogP contribution in [0.3, 0.4) is 0 Å². The first kappa shape index (κ1) is 14.2. The number of nitrogens with two attached hydrogens (primary N) is 1. The van der Waals surface area contributed by atoms with E-state index >= 15 is 0 Å². The second kappa shape index (κ2) is 5.68. The highest BCUT2D eigenvalue weighted by Gasteiger charge is 2.15. The first-order valence-electron chi connectivity index (χ1n) is 4.94. The molecule has 96 valence electrons. The zero-order valence-electron chi connectivity index (χ0n) is 9.60. The number of halogens is 1. The molecule has 0 saturated heterocycles. The lowest BCUT2D eigenvalue weighted by Crippen LogP contribution is -2.31. The van der Waals surface area contributed by atoms with E-state index in [1.54, 1.807) is 6.92 Å². The molecule has 0 radical (unpaired) electrons. The third-order valence-corrected chi connectivity index (χ3v) is 4.01. The number of nitrogen functional groups attached to an aromatic ring is 1. The van der Waals surface area contributed by atoms with Crippen molar-refractivity contribution in [1.29, 1.82) is 0 Å². The minimum absolute atomic E-state index is 0.0858. The first-order chi connectivity index (χ1) is 7.86. The molecule has 1 aromatic carbocycles. The number of nitrogens with one attached hydrogen (secondary N) is 1. The van der Waals surface area contributed by atoms with E-state index < -0.39 is 10.0 Å². The Morgan fingerprint density at radius 1 is 1.53 bits per heavy atom. The van der Waals surface area contributed by atoms with E-state index in [4.69, 9.17) is 22.1 Å². The minimum Gasteiger partial charge on any atom is -0.397 e. The van der Waals surface area contributed by atoms with Crippen LogP contribution in [0, 0.1) is 0 Å². The summed E-state index contributed by atoms with van der Waals surface area (Å²) < 4.78 is 31.1. The Bertz CT molecular complexity index is 490. The van der Waals surface area contributed by atoms with Gasteiger partial charge in [0.15, 0.2) is 0 Å². The average molecular weight is 279 g/mol. The maximum absolute atomic E-state index is 11.9. The summed E-state index contributed by atoms with van der Waals surface area (Å²) in [5.74, 6) is 0. The van der Waals surface area contributed by atoms with Gasteiger partial charge >= 0.3 is 0 Å². The third-order valence-electron chi connectivity index (χ3n) is 2.24. The normalized spacial score (nSPS) is 13.6. The van der Waals surface area contributed by atoms with Gasteiger partial charge in [-0.2, -0.15) is 0 Å². The lowest BCUT2D eigenvalue weighted by Gasteiger charge is -2.11. The highest BCUT2D eigenvalue weighted by atomic mass is 35.5. The molecule has 0 aliphatic rings. The number of hydrogen-bond donors (Lipinski definition) is 2. The standard InChI is InChI=1S/C10H15ClN2O3S/c1-7(16-2)6-13-17(14,15)8-3-4-9(11)10(12)5-8/h3-5,7,13H,6,12H2,1-2H3. The van der Waals surface area contributed by atoms with Crippen LogP contribution in [-0.2, 0) is 14.8 Å². The number of methoxy groups -OCH3 is 1. The zero-order valence-corrected chi connectivity index (χ0v) is 11.2. The summed E-state index contributed by atoms with van der Waals surface area (Å²) in [7, 11) is -2.06. The number of benzene rings is 1. The van der Waals surface area contributed by atoms with Crippen LogP contribution in [0.1, 0.15) is 6.92 Å². The van der Waals surface area contributed by atoms with Gasteiger partial charge in [-0.3, -0.25) is 0 Å². The molecule has 17 heavy (non-hydrogen) atoms. The zero-order chi connectivity index (χ0) is 13.1. The van der Waals surface area contributed by atoms with E-state index in [2.05, 4.69) is 4.72 Å². The SMILES string of the molecule is COC(C)CNS(=O)(=O)c1ccc(Cl)c(N)c1.